The summed E-state index contributed by atoms with van der Waals surface area (Å²) in [5.41, 5.74) is 7.36. The molecule has 0 bridgehead atoms. The van der Waals surface area contributed by atoms with Crippen molar-refractivity contribution < 1.29 is 19.0 Å². The van der Waals surface area contributed by atoms with Gasteiger partial charge in [-0.05, 0) is 50.2 Å². The molecule has 6 heteroatoms. The first-order valence-electron chi connectivity index (χ1n) is 7.73. The van der Waals surface area contributed by atoms with Gasteiger partial charge in [-0.25, -0.2) is 0 Å². The minimum absolute atomic E-state index is 0.261. The van der Waals surface area contributed by atoms with Gasteiger partial charge in [0.25, 0.3) is 5.91 Å². The molecule has 2 aromatic carbocycles. The molecule has 0 aromatic heterocycles. The Bertz CT molecular complexity index is 716. The molecule has 3 N–H and O–H groups in total. The number of rotatable bonds is 7. The Hall–Kier alpha value is -2.89. The summed E-state index contributed by atoms with van der Waals surface area (Å²) in [4.78, 5) is 12.4. The molecule has 0 radical (unpaired) electrons. The summed E-state index contributed by atoms with van der Waals surface area (Å²) < 4.78 is 16.1. The highest BCUT2D eigenvalue weighted by molar-refractivity contribution is 6.05. The number of nitrogens with two attached hydrogens (primary N) is 1. The quantitative estimate of drug-likeness (QED) is 0.761. The number of amides is 1. The number of hydrogen-bond acceptors (Lipinski definition) is 5. The average molecular weight is 330 g/mol. The van der Waals surface area contributed by atoms with E-state index in [0.29, 0.717) is 47.4 Å². The Morgan fingerprint density at radius 2 is 1.67 bits per heavy atom. The highest BCUT2D eigenvalue weighted by Crippen LogP contribution is 2.29. The van der Waals surface area contributed by atoms with Gasteiger partial charge in [-0.3, -0.25) is 4.79 Å². The lowest BCUT2D eigenvalue weighted by Gasteiger charge is -2.13. The topological polar surface area (TPSA) is 82.8 Å². The van der Waals surface area contributed by atoms with Gasteiger partial charge in [0, 0.05) is 11.3 Å². The molecule has 0 saturated carbocycles. The van der Waals surface area contributed by atoms with Crippen LogP contribution in [0.1, 0.15) is 24.2 Å². The van der Waals surface area contributed by atoms with Crippen molar-refractivity contribution >= 4 is 17.3 Å². The van der Waals surface area contributed by atoms with E-state index in [4.69, 9.17) is 19.9 Å². The zero-order valence-corrected chi connectivity index (χ0v) is 14.1. The number of carbonyl (C=O) groups excluding carboxylic acids is 1. The van der Waals surface area contributed by atoms with Crippen LogP contribution in [0.25, 0.3) is 0 Å². The lowest BCUT2D eigenvalue weighted by atomic mass is 10.1. The third-order valence-corrected chi connectivity index (χ3v) is 3.29. The standard InChI is InChI=1S/C18H22N2O4/c1-4-23-16-8-6-12(10-17(16)24-5-2)18(21)20-13-7-9-15(22-3)14(19)11-13/h6-11H,4-5,19H2,1-3H3,(H,20,21). The summed E-state index contributed by atoms with van der Waals surface area (Å²) in [6.07, 6.45) is 0. The molecule has 0 fully saturated rings. The summed E-state index contributed by atoms with van der Waals surface area (Å²) >= 11 is 0. The fourth-order valence-electron chi connectivity index (χ4n) is 2.21. The molecule has 0 unspecified atom stereocenters. The molecule has 24 heavy (non-hydrogen) atoms. The van der Waals surface area contributed by atoms with Crippen molar-refractivity contribution in [3.8, 4) is 17.2 Å². The maximum Gasteiger partial charge on any atom is 0.255 e. The Morgan fingerprint density at radius 3 is 2.29 bits per heavy atom. The van der Waals surface area contributed by atoms with E-state index < -0.39 is 0 Å². The van der Waals surface area contributed by atoms with Crippen molar-refractivity contribution in [2.45, 2.75) is 13.8 Å². The van der Waals surface area contributed by atoms with Crippen LogP contribution in [0.4, 0.5) is 11.4 Å². The fraction of sp³-hybridized carbons (Fsp3) is 0.278. The zero-order valence-electron chi connectivity index (χ0n) is 14.1. The number of anilines is 2. The molecule has 0 saturated heterocycles. The highest BCUT2D eigenvalue weighted by Gasteiger charge is 2.12. The van der Waals surface area contributed by atoms with Crippen LogP contribution in [-0.2, 0) is 0 Å². The predicted octanol–water partition coefficient (Wildman–Crippen LogP) is 3.33. The lowest BCUT2D eigenvalue weighted by molar-refractivity contribution is 0.102. The Labute approximate surface area is 141 Å². The normalized spacial score (nSPS) is 10.1. The van der Waals surface area contributed by atoms with Crippen molar-refractivity contribution in [3.05, 3.63) is 42.0 Å². The van der Waals surface area contributed by atoms with E-state index in [9.17, 15) is 4.79 Å². The number of nitrogens with one attached hydrogen (secondary N) is 1. The molecule has 2 aromatic rings. The maximum absolute atomic E-state index is 12.4. The second-order valence-electron chi connectivity index (χ2n) is 4.94. The van der Waals surface area contributed by atoms with E-state index in [2.05, 4.69) is 5.32 Å². The number of hydrogen-bond donors (Lipinski definition) is 2. The van der Waals surface area contributed by atoms with Crippen molar-refractivity contribution in [2.75, 3.05) is 31.4 Å². The van der Waals surface area contributed by atoms with Crippen LogP contribution < -0.4 is 25.3 Å². The minimum Gasteiger partial charge on any atom is -0.495 e. The fourth-order valence-corrected chi connectivity index (χ4v) is 2.21. The van der Waals surface area contributed by atoms with Gasteiger partial charge < -0.3 is 25.3 Å². The van der Waals surface area contributed by atoms with E-state index in [1.807, 2.05) is 13.8 Å². The van der Waals surface area contributed by atoms with E-state index in [1.54, 1.807) is 43.5 Å². The third kappa shape index (κ3) is 4.10. The van der Waals surface area contributed by atoms with Gasteiger partial charge in [-0.1, -0.05) is 0 Å². The van der Waals surface area contributed by atoms with Crippen LogP contribution in [0.5, 0.6) is 17.2 Å². The zero-order chi connectivity index (χ0) is 17.5. The molecule has 128 valence electrons. The molecule has 1 amide bonds. The molecule has 0 aliphatic carbocycles. The van der Waals surface area contributed by atoms with E-state index in [0.717, 1.165) is 0 Å². The van der Waals surface area contributed by atoms with Crippen LogP contribution >= 0.6 is 0 Å². The molecule has 0 aliphatic rings. The van der Waals surface area contributed by atoms with Crippen LogP contribution in [0.15, 0.2) is 36.4 Å². The van der Waals surface area contributed by atoms with E-state index in [1.165, 1.54) is 0 Å². The van der Waals surface area contributed by atoms with Gasteiger partial charge in [0.05, 0.1) is 26.0 Å². The summed E-state index contributed by atoms with van der Waals surface area (Å²) in [6.45, 7) is 4.78. The summed E-state index contributed by atoms with van der Waals surface area (Å²) in [6, 6.07) is 10.2. The lowest BCUT2D eigenvalue weighted by Crippen LogP contribution is -2.12. The third-order valence-electron chi connectivity index (χ3n) is 3.29. The SMILES string of the molecule is CCOc1ccc(C(=O)Nc2ccc(OC)c(N)c2)cc1OCC. The summed E-state index contributed by atoms with van der Waals surface area (Å²) in [5.74, 6) is 1.46. The number of ether oxygens (including phenoxy) is 3. The molecular formula is C18H22N2O4. The maximum atomic E-state index is 12.4. The smallest absolute Gasteiger partial charge is 0.255 e. The highest BCUT2D eigenvalue weighted by atomic mass is 16.5. The first kappa shape index (κ1) is 17.5. The van der Waals surface area contributed by atoms with Crippen molar-refractivity contribution in [1.29, 1.82) is 0 Å². The second kappa shape index (κ2) is 8.10. The van der Waals surface area contributed by atoms with Crippen molar-refractivity contribution in [1.82, 2.24) is 0 Å². The van der Waals surface area contributed by atoms with E-state index in [-0.39, 0.29) is 5.91 Å². The largest absolute Gasteiger partial charge is 0.495 e. The van der Waals surface area contributed by atoms with Gasteiger partial charge in [0.2, 0.25) is 0 Å². The summed E-state index contributed by atoms with van der Waals surface area (Å²) in [5, 5.41) is 2.80. The van der Waals surface area contributed by atoms with Gasteiger partial charge in [0.15, 0.2) is 11.5 Å². The molecule has 2 rings (SSSR count). The molecular weight excluding hydrogens is 308 g/mol. The first-order valence-corrected chi connectivity index (χ1v) is 7.73. The van der Waals surface area contributed by atoms with Crippen LogP contribution in [0.2, 0.25) is 0 Å². The van der Waals surface area contributed by atoms with Crippen LogP contribution in [-0.4, -0.2) is 26.2 Å². The van der Waals surface area contributed by atoms with Gasteiger partial charge in [-0.2, -0.15) is 0 Å². The Morgan fingerprint density at radius 1 is 1.00 bits per heavy atom. The monoisotopic (exact) mass is 330 g/mol. The summed E-state index contributed by atoms with van der Waals surface area (Å²) in [7, 11) is 1.54. The second-order valence-corrected chi connectivity index (χ2v) is 4.94. The number of benzene rings is 2. The van der Waals surface area contributed by atoms with Crippen LogP contribution in [0.3, 0.4) is 0 Å². The van der Waals surface area contributed by atoms with E-state index >= 15 is 0 Å². The van der Waals surface area contributed by atoms with Gasteiger partial charge >= 0.3 is 0 Å². The Balaban J connectivity index is 2.19. The number of carbonyl (C=O) groups is 1. The van der Waals surface area contributed by atoms with Gasteiger partial charge in [0.1, 0.15) is 5.75 Å². The average Bonchev–Trinajstić information content (AvgIpc) is 2.57. The molecule has 0 aliphatic heterocycles. The first-order chi connectivity index (χ1) is 11.6. The number of nitrogen functional groups attached to an aromatic ring is 1. The molecule has 6 nitrogen and oxygen atoms in total. The van der Waals surface area contributed by atoms with Crippen molar-refractivity contribution in [2.24, 2.45) is 0 Å². The number of methoxy groups -OCH3 is 1. The Kier molecular flexibility index (Phi) is 5.89. The van der Waals surface area contributed by atoms with Gasteiger partial charge in [-0.15, -0.1) is 0 Å². The predicted molar refractivity (Wildman–Crippen MR) is 94.1 cm³/mol. The molecule has 0 spiro atoms. The molecule has 0 atom stereocenters. The molecule has 0 heterocycles. The van der Waals surface area contributed by atoms with Crippen molar-refractivity contribution in [3.63, 3.8) is 0 Å². The van der Waals surface area contributed by atoms with Crippen LogP contribution in [0, 0.1) is 0 Å². The minimum atomic E-state index is -0.261.